The summed E-state index contributed by atoms with van der Waals surface area (Å²) in [5, 5.41) is 11.0. The van der Waals surface area contributed by atoms with Crippen LogP contribution in [-0.4, -0.2) is 42.1 Å². The van der Waals surface area contributed by atoms with E-state index in [-0.39, 0.29) is 11.1 Å². The Morgan fingerprint density at radius 3 is 1.89 bits per heavy atom. The highest BCUT2D eigenvalue weighted by Gasteiger charge is 2.52. The molecule has 1 fully saturated rings. The van der Waals surface area contributed by atoms with E-state index in [4.69, 9.17) is 4.74 Å². The number of benzene rings is 3. The molecule has 1 unspecified atom stereocenters. The third kappa shape index (κ3) is 4.79. The van der Waals surface area contributed by atoms with Gasteiger partial charge in [0, 0.05) is 11.1 Å². The topological polar surface area (TPSA) is 101 Å². The van der Waals surface area contributed by atoms with Crippen LogP contribution < -0.4 is 4.74 Å². The summed E-state index contributed by atoms with van der Waals surface area (Å²) in [6.07, 6.45) is 2.98. The average Bonchev–Trinajstić information content (AvgIpc) is 2.93. The molecule has 3 aromatic rings. The van der Waals surface area contributed by atoms with Crippen LogP contribution in [0.3, 0.4) is 0 Å². The fourth-order valence-electron chi connectivity index (χ4n) is 4.88. The molecule has 188 valence electrons. The number of ketones is 1. The second kappa shape index (κ2) is 10.6. The van der Waals surface area contributed by atoms with Gasteiger partial charge in [0.05, 0.1) is 12.6 Å². The molecular formula is C28H29NO6S. The summed E-state index contributed by atoms with van der Waals surface area (Å²) in [6, 6.07) is 22.7. The largest absolute Gasteiger partial charge is 0.497 e. The zero-order valence-corrected chi connectivity index (χ0v) is 20.9. The first-order chi connectivity index (χ1) is 17.3. The number of ether oxygens (including phenoxy) is 1. The van der Waals surface area contributed by atoms with Gasteiger partial charge in [-0.15, -0.1) is 0 Å². The van der Waals surface area contributed by atoms with Crippen molar-refractivity contribution in [3.8, 4) is 5.75 Å². The van der Waals surface area contributed by atoms with Gasteiger partial charge >= 0.3 is 0 Å². The summed E-state index contributed by atoms with van der Waals surface area (Å²) in [5.41, 5.74) is -2.91. The summed E-state index contributed by atoms with van der Waals surface area (Å²) < 4.78 is 34.2. The van der Waals surface area contributed by atoms with E-state index >= 15 is 0 Å². The maximum atomic E-state index is 14.1. The lowest BCUT2D eigenvalue weighted by atomic mass is 9.76. The van der Waals surface area contributed by atoms with E-state index in [0.29, 0.717) is 37.0 Å². The fraction of sp³-hybridized carbons (Fsp3) is 0.286. The number of nitrogens with zero attached hydrogens (tertiary/aromatic N) is 1. The van der Waals surface area contributed by atoms with Crippen LogP contribution >= 0.6 is 0 Å². The van der Waals surface area contributed by atoms with Gasteiger partial charge in [-0.25, -0.2) is 12.7 Å². The van der Waals surface area contributed by atoms with Gasteiger partial charge in [0.15, 0.2) is 0 Å². The SMILES string of the molecule is COc1ccc(C2(N(C(=O)c3ccccc3)S(=O)(=O)C(O)C(=O)c3ccccc3)CCCCC2)cc1. The van der Waals surface area contributed by atoms with E-state index < -0.39 is 32.7 Å². The first kappa shape index (κ1) is 25.6. The molecule has 1 saturated carbocycles. The predicted octanol–water partition coefficient (Wildman–Crippen LogP) is 4.53. The lowest BCUT2D eigenvalue weighted by Crippen LogP contribution is -2.57. The van der Waals surface area contributed by atoms with Crippen molar-refractivity contribution < 1.29 is 27.9 Å². The average molecular weight is 508 g/mol. The van der Waals surface area contributed by atoms with Crippen LogP contribution in [0, 0.1) is 0 Å². The van der Waals surface area contributed by atoms with E-state index in [1.165, 1.54) is 31.4 Å². The quantitative estimate of drug-likeness (QED) is 0.450. The molecule has 4 rings (SSSR count). The lowest BCUT2D eigenvalue weighted by Gasteiger charge is -2.46. The molecule has 0 saturated heterocycles. The van der Waals surface area contributed by atoms with Crippen LogP contribution in [0.1, 0.15) is 58.4 Å². The Bertz CT molecular complexity index is 1300. The Balaban J connectivity index is 1.89. The number of hydrogen-bond donors (Lipinski definition) is 1. The highest BCUT2D eigenvalue weighted by atomic mass is 32.2. The van der Waals surface area contributed by atoms with E-state index in [2.05, 4.69) is 0 Å². The highest BCUT2D eigenvalue weighted by Crippen LogP contribution is 2.45. The van der Waals surface area contributed by atoms with Crippen LogP contribution in [0.25, 0.3) is 0 Å². The number of Topliss-reactive ketones (excluding diaryl/α,β-unsaturated/α-hetero) is 1. The van der Waals surface area contributed by atoms with Crippen molar-refractivity contribution in [2.75, 3.05) is 7.11 Å². The van der Waals surface area contributed by atoms with Gasteiger partial charge in [-0.2, -0.15) is 0 Å². The number of carbonyl (C=O) groups excluding carboxylic acids is 2. The molecular weight excluding hydrogens is 478 g/mol. The second-order valence-electron chi connectivity index (χ2n) is 8.88. The van der Waals surface area contributed by atoms with Crippen molar-refractivity contribution in [2.45, 2.75) is 43.1 Å². The molecule has 7 nitrogen and oxygen atoms in total. The zero-order chi connectivity index (χ0) is 25.8. The molecule has 0 aromatic heterocycles. The van der Waals surface area contributed by atoms with E-state index in [9.17, 15) is 23.1 Å². The van der Waals surface area contributed by atoms with Crippen LogP contribution in [0.15, 0.2) is 84.9 Å². The molecule has 1 amide bonds. The van der Waals surface area contributed by atoms with Crippen molar-refractivity contribution in [1.82, 2.24) is 4.31 Å². The third-order valence-electron chi connectivity index (χ3n) is 6.72. The second-order valence-corrected chi connectivity index (χ2v) is 10.7. The molecule has 0 radical (unpaired) electrons. The van der Waals surface area contributed by atoms with Gasteiger partial charge < -0.3 is 9.84 Å². The van der Waals surface area contributed by atoms with Crippen LogP contribution in [0.5, 0.6) is 5.75 Å². The molecule has 0 aliphatic heterocycles. The smallest absolute Gasteiger partial charge is 0.273 e. The predicted molar refractivity (Wildman–Crippen MR) is 136 cm³/mol. The minimum absolute atomic E-state index is 0.0443. The molecule has 0 bridgehead atoms. The van der Waals surface area contributed by atoms with Crippen molar-refractivity contribution in [2.24, 2.45) is 0 Å². The Kier molecular flexibility index (Phi) is 7.56. The molecule has 1 aliphatic rings. The Labute approximate surface area is 211 Å². The maximum Gasteiger partial charge on any atom is 0.273 e. The summed E-state index contributed by atoms with van der Waals surface area (Å²) in [4.78, 5) is 27.0. The van der Waals surface area contributed by atoms with Gasteiger partial charge in [-0.05, 0) is 42.7 Å². The number of aliphatic hydroxyl groups excluding tert-OH is 1. The van der Waals surface area contributed by atoms with Gasteiger partial charge in [0.2, 0.25) is 11.2 Å². The summed E-state index contributed by atoms with van der Waals surface area (Å²) in [6.45, 7) is 0. The van der Waals surface area contributed by atoms with Gasteiger partial charge in [-0.3, -0.25) is 9.59 Å². The number of rotatable bonds is 8. The lowest BCUT2D eigenvalue weighted by molar-refractivity contribution is 0.0597. The Morgan fingerprint density at radius 2 is 1.36 bits per heavy atom. The standard InChI is InChI=1S/C28H29NO6S/c1-35-24-17-15-23(16-18-24)28(19-9-4-10-20-28)29(26(31)22-13-7-3-8-14-22)36(33,34)27(32)25(30)21-11-5-2-6-12-21/h2-3,5-8,11-18,27,32H,4,9-10,19-20H2,1H3. The molecule has 36 heavy (non-hydrogen) atoms. The van der Waals surface area contributed by atoms with E-state index in [1.54, 1.807) is 60.7 Å². The van der Waals surface area contributed by atoms with E-state index in [1.807, 2.05) is 0 Å². The summed E-state index contributed by atoms with van der Waals surface area (Å²) in [5.74, 6) is -1.18. The zero-order valence-electron chi connectivity index (χ0n) is 20.0. The number of amides is 1. The van der Waals surface area contributed by atoms with Crippen LogP contribution in [-0.2, 0) is 15.6 Å². The van der Waals surface area contributed by atoms with E-state index in [0.717, 1.165) is 10.7 Å². The first-order valence-electron chi connectivity index (χ1n) is 11.9. The highest BCUT2D eigenvalue weighted by molar-refractivity contribution is 7.90. The molecule has 8 heteroatoms. The molecule has 1 N–H and O–H groups in total. The monoisotopic (exact) mass is 507 g/mol. The van der Waals surface area contributed by atoms with Crippen LogP contribution in [0.2, 0.25) is 0 Å². The molecule has 0 spiro atoms. The number of methoxy groups -OCH3 is 1. The normalized spacial score (nSPS) is 16.1. The third-order valence-corrected chi connectivity index (χ3v) is 8.52. The fourth-order valence-corrected chi connectivity index (χ4v) is 6.60. The number of aliphatic hydroxyl groups is 1. The summed E-state index contributed by atoms with van der Waals surface area (Å²) in [7, 11) is -3.32. The van der Waals surface area contributed by atoms with Crippen molar-refractivity contribution in [3.63, 3.8) is 0 Å². The Hall–Kier alpha value is -3.49. The van der Waals surface area contributed by atoms with Gasteiger partial charge in [-0.1, -0.05) is 79.9 Å². The maximum absolute atomic E-state index is 14.1. The molecule has 0 heterocycles. The van der Waals surface area contributed by atoms with Gasteiger partial charge in [0.1, 0.15) is 5.75 Å². The minimum Gasteiger partial charge on any atom is -0.497 e. The number of sulfonamides is 1. The molecule has 1 aliphatic carbocycles. The van der Waals surface area contributed by atoms with Crippen molar-refractivity contribution in [1.29, 1.82) is 0 Å². The first-order valence-corrected chi connectivity index (χ1v) is 13.4. The van der Waals surface area contributed by atoms with Crippen molar-refractivity contribution in [3.05, 3.63) is 102 Å². The minimum atomic E-state index is -4.86. The summed E-state index contributed by atoms with van der Waals surface area (Å²) >= 11 is 0. The molecule has 1 atom stereocenters. The van der Waals surface area contributed by atoms with Crippen molar-refractivity contribution >= 4 is 21.7 Å². The van der Waals surface area contributed by atoms with Gasteiger partial charge in [0.25, 0.3) is 15.9 Å². The van der Waals surface area contributed by atoms with Crippen LogP contribution in [0.4, 0.5) is 0 Å². The Morgan fingerprint density at radius 1 is 0.833 bits per heavy atom. The number of hydrogen-bond acceptors (Lipinski definition) is 6. The molecule has 3 aromatic carbocycles. The number of carbonyl (C=O) groups is 2.